The molecule has 0 bridgehead atoms. The average Bonchev–Trinajstić information content (AvgIpc) is 3.13. The number of carboxylic acids is 1. The highest BCUT2D eigenvalue weighted by Crippen LogP contribution is 2.59. The lowest BCUT2D eigenvalue weighted by Gasteiger charge is -2.27. The lowest BCUT2D eigenvalue weighted by Crippen LogP contribution is -2.32. The molecule has 1 aliphatic rings. The first-order chi connectivity index (χ1) is 8.15. The van der Waals surface area contributed by atoms with Gasteiger partial charge in [0.25, 0.3) is 0 Å². The van der Waals surface area contributed by atoms with E-state index in [1.54, 1.807) is 0 Å². The van der Waals surface area contributed by atoms with Crippen molar-refractivity contribution in [3.05, 3.63) is 35.9 Å². The highest BCUT2D eigenvalue weighted by atomic mass is 16.4. The molecule has 1 aromatic carbocycles. The first-order valence-electron chi connectivity index (χ1n) is 6.44. The molecule has 2 nitrogen and oxygen atoms in total. The van der Waals surface area contributed by atoms with Crippen LogP contribution in [0.1, 0.15) is 44.6 Å². The number of rotatable bonds is 5. The number of carbonyl (C=O) groups is 1. The van der Waals surface area contributed by atoms with Gasteiger partial charge in [0.15, 0.2) is 0 Å². The maximum atomic E-state index is 11.5. The molecule has 1 aliphatic carbocycles. The van der Waals surface area contributed by atoms with Crippen molar-refractivity contribution in [3.8, 4) is 0 Å². The van der Waals surface area contributed by atoms with Crippen molar-refractivity contribution in [2.45, 2.75) is 39.0 Å². The second-order valence-corrected chi connectivity index (χ2v) is 5.03. The molecule has 1 aromatic rings. The Balaban J connectivity index is 2.19. The Labute approximate surface area is 103 Å². The molecule has 2 heteroatoms. The van der Waals surface area contributed by atoms with E-state index in [2.05, 4.69) is 12.1 Å². The number of benzene rings is 1. The Morgan fingerprint density at radius 1 is 1.29 bits per heavy atom. The largest absolute Gasteiger partial charge is 0.481 e. The molecule has 0 amide bonds. The van der Waals surface area contributed by atoms with Crippen molar-refractivity contribution in [1.29, 1.82) is 0 Å². The summed E-state index contributed by atoms with van der Waals surface area (Å²) in [4.78, 5) is 11.5. The van der Waals surface area contributed by atoms with Gasteiger partial charge < -0.3 is 5.11 Å². The average molecular weight is 232 g/mol. The molecule has 0 aromatic heterocycles. The van der Waals surface area contributed by atoms with Crippen LogP contribution in [-0.2, 0) is 4.79 Å². The van der Waals surface area contributed by atoms with Crippen LogP contribution < -0.4 is 0 Å². The molecule has 17 heavy (non-hydrogen) atoms. The monoisotopic (exact) mass is 232 g/mol. The summed E-state index contributed by atoms with van der Waals surface area (Å²) in [6.07, 6.45) is 2.48. The molecule has 1 saturated carbocycles. The van der Waals surface area contributed by atoms with Gasteiger partial charge in [-0.15, -0.1) is 0 Å². The predicted molar refractivity (Wildman–Crippen MR) is 67.9 cm³/mol. The van der Waals surface area contributed by atoms with E-state index in [0.717, 1.165) is 19.3 Å². The molecule has 1 N–H and O–H groups in total. The summed E-state index contributed by atoms with van der Waals surface area (Å²) in [6.45, 7) is 4.00. The fourth-order valence-electron chi connectivity index (χ4n) is 3.11. The Hall–Kier alpha value is -1.31. The van der Waals surface area contributed by atoms with Crippen molar-refractivity contribution in [3.63, 3.8) is 0 Å². The quantitative estimate of drug-likeness (QED) is 0.840. The van der Waals surface area contributed by atoms with E-state index in [-0.39, 0.29) is 0 Å². The van der Waals surface area contributed by atoms with Gasteiger partial charge in [0.1, 0.15) is 0 Å². The standard InChI is InChI=1S/C15H20O2/c1-3-15(4-2,14(16)17)13-10-12(13)11-8-6-5-7-9-11/h5-9,12-13H,3-4,10H2,1-2H3,(H,16,17). The van der Waals surface area contributed by atoms with Crippen LogP contribution in [0.4, 0.5) is 0 Å². The van der Waals surface area contributed by atoms with E-state index in [0.29, 0.717) is 11.8 Å². The van der Waals surface area contributed by atoms with Gasteiger partial charge in [0, 0.05) is 0 Å². The lowest BCUT2D eigenvalue weighted by atomic mass is 9.76. The van der Waals surface area contributed by atoms with Crippen LogP contribution in [0, 0.1) is 11.3 Å². The molecule has 0 heterocycles. The molecule has 92 valence electrons. The zero-order valence-electron chi connectivity index (χ0n) is 10.5. The van der Waals surface area contributed by atoms with Gasteiger partial charge in [-0.3, -0.25) is 4.79 Å². The van der Waals surface area contributed by atoms with Crippen LogP contribution in [0.15, 0.2) is 30.3 Å². The van der Waals surface area contributed by atoms with Gasteiger partial charge in [-0.2, -0.15) is 0 Å². The van der Waals surface area contributed by atoms with Crippen molar-refractivity contribution in [2.75, 3.05) is 0 Å². The minimum Gasteiger partial charge on any atom is -0.481 e. The summed E-state index contributed by atoms with van der Waals surface area (Å²) in [6, 6.07) is 10.3. The van der Waals surface area contributed by atoms with Crippen molar-refractivity contribution >= 4 is 5.97 Å². The van der Waals surface area contributed by atoms with E-state index < -0.39 is 11.4 Å². The normalized spacial score (nSPS) is 23.4. The van der Waals surface area contributed by atoms with E-state index in [4.69, 9.17) is 0 Å². The maximum Gasteiger partial charge on any atom is 0.309 e. The molecular formula is C15H20O2. The van der Waals surface area contributed by atoms with Gasteiger partial charge in [-0.1, -0.05) is 44.2 Å². The van der Waals surface area contributed by atoms with Gasteiger partial charge in [-0.25, -0.2) is 0 Å². The smallest absolute Gasteiger partial charge is 0.309 e. The molecule has 0 saturated heterocycles. The predicted octanol–water partition coefficient (Wildman–Crippen LogP) is 3.68. The Morgan fingerprint density at radius 3 is 2.35 bits per heavy atom. The molecule has 1 fully saturated rings. The second kappa shape index (κ2) is 4.52. The fraction of sp³-hybridized carbons (Fsp3) is 0.533. The van der Waals surface area contributed by atoms with E-state index in [9.17, 15) is 9.90 Å². The zero-order chi connectivity index (χ0) is 12.5. The summed E-state index contributed by atoms with van der Waals surface area (Å²) in [5.74, 6) is 0.149. The Morgan fingerprint density at radius 2 is 1.88 bits per heavy atom. The third-order valence-electron chi connectivity index (χ3n) is 4.42. The van der Waals surface area contributed by atoms with E-state index in [1.807, 2.05) is 32.0 Å². The summed E-state index contributed by atoms with van der Waals surface area (Å²) >= 11 is 0. The first kappa shape index (κ1) is 12.2. The zero-order valence-corrected chi connectivity index (χ0v) is 10.5. The third-order valence-corrected chi connectivity index (χ3v) is 4.42. The van der Waals surface area contributed by atoms with Crippen molar-refractivity contribution in [1.82, 2.24) is 0 Å². The number of hydrogen-bond donors (Lipinski definition) is 1. The summed E-state index contributed by atoms with van der Waals surface area (Å²) in [5, 5.41) is 9.50. The summed E-state index contributed by atoms with van der Waals surface area (Å²) in [5.41, 5.74) is 0.783. The van der Waals surface area contributed by atoms with Gasteiger partial charge >= 0.3 is 5.97 Å². The van der Waals surface area contributed by atoms with Gasteiger partial charge in [0.2, 0.25) is 0 Å². The minimum absolute atomic E-state index is 0.317. The van der Waals surface area contributed by atoms with E-state index >= 15 is 0 Å². The minimum atomic E-state index is -0.620. The maximum absolute atomic E-state index is 11.5. The molecule has 0 radical (unpaired) electrons. The van der Waals surface area contributed by atoms with Crippen LogP contribution >= 0.6 is 0 Å². The van der Waals surface area contributed by atoms with Crippen LogP contribution in [0.3, 0.4) is 0 Å². The van der Waals surface area contributed by atoms with Crippen molar-refractivity contribution < 1.29 is 9.90 Å². The van der Waals surface area contributed by atoms with Gasteiger partial charge in [-0.05, 0) is 36.7 Å². The number of aliphatic carboxylic acids is 1. The van der Waals surface area contributed by atoms with E-state index in [1.165, 1.54) is 5.56 Å². The Bertz CT molecular complexity index is 393. The van der Waals surface area contributed by atoms with Crippen LogP contribution in [-0.4, -0.2) is 11.1 Å². The second-order valence-electron chi connectivity index (χ2n) is 5.03. The number of hydrogen-bond acceptors (Lipinski definition) is 1. The van der Waals surface area contributed by atoms with Gasteiger partial charge in [0.05, 0.1) is 5.41 Å². The van der Waals surface area contributed by atoms with Crippen LogP contribution in [0.2, 0.25) is 0 Å². The fourth-order valence-corrected chi connectivity index (χ4v) is 3.11. The SMILES string of the molecule is CCC(CC)(C(=O)O)C1CC1c1ccccc1. The summed E-state index contributed by atoms with van der Waals surface area (Å²) < 4.78 is 0. The topological polar surface area (TPSA) is 37.3 Å². The van der Waals surface area contributed by atoms with Crippen LogP contribution in [0.5, 0.6) is 0 Å². The molecule has 2 unspecified atom stereocenters. The molecule has 0 spiro atoms. The Kier molecular flexibility index (Phi) is 3.23. The lowest BCUT2D eigenvalue weighted by molar-refractivity contribution is -0.151. The molecular weight excluding hydrogens is 212 g/mol. The van der Waals surface area contributed by atoms with Crippen LogP contribution in [0.25, 0.3) is 0 Å². The third kappa shape index (κ3) is 1.97. The van der Waals surface area contributed by atoms with Crippen molar-refractivity contribution in [2.24, 2.45) is 11.3 Å². The molecule has 2 rings (SSSR count). The molecule has 0 aliphatic heterocycles. The number of carboxylic acid groups (broad SMARTS) is 1. The summed E-state index contributed by atoms with van der Waals surface area (Å²) in [7, 11) is 0. The highest BCUT2D eigenvalue weighted by molar-refractivity contribution is 5.76. The first-order valence-corrected chi connectivity index (χ1v) is 6.44. The molecule has 2 atom stereocenters. The highest BCUT2D eigenvalue weighted by Gasteiger charge is 2.55.